The van der Waals surface area contributed by atoms with E-state index in [0.29, 0.717) is 32.5 Å². The Balaban J connectivity index is 1.19. The summed E-state index contributed by atoms with van der Waals surface area (Å²) in [4.78, 5) is 17.5. The first-order valence-electron chi connectivity index (χ1n) is 13.3. The number of aryl methyl sites for hydroxylation is 1. The molecule has 0 unspecified atom stereocenters. The van der Waals surface area contributed by atoms with Gasteiger partial charge in [-0.1, -0.05) is 54.1 Å². The second-order valence-electron chi connectivity index (χ2n) is 9.96. The van der Waals surface area contributed by atoms with E-state index in [1.165, 1.54) is 12.1 Å². The van der Waals surface area contributed by atoms with Gasteiger partial charge in [0.2, 0.25) is 0 Å². The zero-order valence-electron chi connectivity index (χ0n) is 22.7. The first-order valence-corrected chi connectivity index (χ1v) is 14.1. The lowest BCUT2D eigenvalue weighted by Gasteiger charge is -2.37. The molecule has 4 aromatic carbocycles. The largest absolute Gasteiger partial charge is 0.416 e. The summed E-state index contributed by atoms with van der Waals surface area (Å²) in [5.41, 5.74) is 4.21. The van der Waals surface area contributed by atoms with Crippen LogP contribution in [0.15, 0.2) is 91.0 Å². The topological polar surface area (TPSA) is 47.6 Å². The second-order valence-corrected chi connectivity index (χ2v) is 10.8. The van der Waals surface area contributed by atoms with Gasteiger partial charge in [-0.2, -0.15) is 13.2 Å². The average Bonchev–Trinajstić information content (AvgIpc) is 2.99. The van der Waals surface area contributed by atoms with Gasteiger partial charge in [0.25, 0.3) is 5.91 Å². The molecule has 5 rings (SSSR count). The van der Waals surface area contributed by atoms with Crippen LogP contribution >= 0.6 is 23.8 Å². The van der Waals surface area contributed by atoms with Crippen molar-refractivity contribution in [1.29, 1.82) is 0 Å². The molecule has 1 heterocycles. The molecule has 5 nitrogen and oxygen atoms in total. The van der Waals surface area contributed by atoms with Crippen LogP contribution < -0.4 is 15.5 Å². The summed E-state index contributed by atoms with van der Waals surface area (Å²) < 4.78 is 39.0. The fraction of sp³-hybridized carbons (Fsp3) is 0.188. The number of rotatable bonds is 5. The molecule has 0 bridgehead atoms. The van der Waals surface area contributed by atoms with Crippen LogP contribution in [-0.2, 0) is 6.18 Å². The van der Waals surface area contributed by atoms with E-state index in [4.69, 9.17) is 23.8 Å². The maximum absolute atomic E-state index is 13.2. The summed E-state index contributed by atoms with van der Waals surface area (Å²) in [6, 6.07) is 25.0. The van der Waals surface area contributed by atoms with E-state index in [-0.39, 0.29) is 5.91 Å². The number of hydrogen-bond acceptors (Lipinski definition) is 3. The highest BCUT2D eigenvalue weighted by molar-refractivity contribution is 7.80. The number of nitrogens with one attached hydrogen (secondary N) is 2. The Hall–Kier alpha value is -4.08. The summed E-state index contributed by atoms with van der Waals surface area (Å²) >= 11 is 12.0. The van der Waals surface area contributed by atoms with Crippen molar-refractivity contribution >= 4 is 51.9 Å². The van der Waals surface area contributed by atoms with Crippen LogP contribution in [0.2, 0.25) is 5.02 Å². The zero-order valence-corrected chi connectivity index (χ0v) is 24.3. The number of thiocarbonyl (C=S) groups is 1. The van der Waals surface area contributed by atoms with Crippen molar-refractivity contribution in [2.75, 3.05) is 41.7 Å². The summed E-state index contributed by atoms with van der Waals surface area (Å²) in [5.74, 6) is -0.346. The third-order valence-corrected chi connectivity index (χ3v) is 7.88. The Bertz CT molecular complexity index is 1560. The van der Waals surface area contributed by atoms with Crippen LogP contribution in [0.5, 0.6) is 0 Å². The highest BCUT2D eigenvalue weighted by Crippen LogP contribution is 2.32. The minimum Gasteiger partial charge on any atom is -0.368 e. The van der Waals surface area contributed by atoms with E-state index in [1.54, 1.807) is 24.3 Å². The quantitative estimate of drug-likeness (QED) is 0.224. The third-order valence-electron chi connectivity index (χ3n) is 7.21. The molecule has 4 aromatic rings. The SMILES string of the molecule is Cc1cccc(Cl)c1NC(=S)N1CCN(c2ccc(NC(=O)c3ccccc3-c3ccc(C(F)(F)F)cc3)cc2)CC1. The molecule has 0 spiro atoms. The van der Waals surface area contributed by atoms with Crippen LogP contribution in [0, 0.1) is 6.92 Å². The monoisotopic (exact) mass is 608 g/mol. The normalized spacial score (nSPS) is 13.5. The van der Waals surface area contributed by atoms with Gasteiger partial charge in [0.15, 0.2) is 5.11 Å². The molecular formula is C32H28ClF3N4OS. The number of hydrogen-bond donors (Lipinski definition) is 2. The molecule has 0 saturated carbocycles. The molecule has 0 radical (unpaired) electrons. The smallest absolute Gasteiger partial charge is 0.368 e. The van der Waals surface area contributed by atoms with Crippen molar-refractivity contribution in [2.45, 2.75) is 13.1 Å². The first-order chi connectivity index (χ1) is 20.1. The molecule has 2 N–H and O–H groups in total. The van der Waals surface area contributed by atoms with Gasteiger partial charge in [-0.3, -0.25) is 4.79 Å². The van der Waals surface area contributed by atoms with Gasteiger partial charge < -0.3 is 20.4 Å². The lowest BCUT2D eigenvalue weighted by Crippen LogP contribution is -2.50. The van der Waals surface area contributed by atoms with Gasteiger partial charge in [0, 0.05) is 43.1 Å². The third kappa shape index (κ3) is 6.69. The Morgan fingerprint density at radius 3 is 2.14 bits per heavy atom. The molecule has 1 amide bonds. The van der Waals surface area contributed by atoms with Crippen LogP contribution in [-0.4, -0.2) is 42.1 Å². The Morgan fingerprint density at radius 1 is 0.833 bits per heavy atom. The lowest BCUT2D eigenvalue weighted by atomic mass is 9.98. The van der Waals surface area contributed by atoms with E-state index in [2.05, 4.69) is 20.4 Å². The van der Waals surface area contributed by atoms with Crippen molar-refractivity contribution in [2.24, 2.45) is 0 Å². The Morgan fingerprint density at radius 2 is 1.50 bits per heavy atom. The number of halogens is 4. The second kappa shape index (κ2) is 12.4. The van der Waals surface area contributed by atoms with Gasteiger partial charge in [0.05, 0.1) is 16.3 Å². The Labute approximate surface area is 252 Å². The summed E-state index contributed by atoms with van der Waals surface area (Å²) in [6.07, 6.45) is -4.42. The van der Waals surface area contributed by atoms with Crippen molar-refractivity contribution < 1.29 is 18.0 Å². The molecule has 0 aliphatic carbocycles. The number of benzene rings is 4. The average molecular weight is 609 g/mol. The maximum Gasteiger partial charge on any atom is 0.416 e. The van der Waals surface area contributed by atoms with E-state index in [9.17, 15) is 18.0 Å². The minimum absolute atomic E-state index is 0.346. The standard InChI is InChI=1S/C32H28ClF3N4OS/c1-21-5-4-8-28(33)29(21)38-31(42)40-19-17-39(18-20-40)25-15-13-24(14-16-25)37-30(41)27-7-3-2-6-26(27)22-9-11-23(12-10-22)32(34,35)36/h2-16H,17-20H2,1H3,(H,37,41)(H,38,42). The van der Waals surface area contributed by atoms with Crippen molar-refractivity contribution in [1.82, 2.24) is 4.90 Å². The number of piperazine rings is 1. The molecular weight excluding hydrogens is 581 g/mol. The van der Waals surface area contributed by atoms with E-state index in [1.807, 2.05) is 49.4 Å². The van der Waals surface area contributed by atoms with E-state index < -0.39 is 11.7 Å². The lowest BCUT2D eigenvalue weighted by molar-refractivity contribution is -0.137. The van der Waals surface area contributed by atoms with Crippen molar-refractivity contribution in [3.05, 3.63) is 113 Å². The highest BCUT2D eigenvalue weighted by atomic mass is 35.5. The minimum atomic E-state index is -4.42. The van der Waals surface area contributed by atoms with E-state index in [0.717, 1.165) is 55.2 Å². The predicted molar refractivity (Wildman–Crippen MR) is 167 cm³/mol. The number of amides is 1. The van der Waals surface area contributed by atoms with Gasteiger partial charge in [-0.05, 0) is 84.4 Å². The van der Waals surface area contributed by atoms with Crippen molar-refractivity contribution in [3.8, 4) is 11.1 Å². The molecule has 1 fully saturated rings. The van der Waals surface area contributed by atoms with Crippen LogP contribution in [0.25, 0.3) is 11.1 Å². The number of carbonyl (C=O) groups excluding carboxylic acids is 1. The summed E-state index contributed by atoms with van der Waals surface area (Å²) in [7, 11) is 0. The molecule has 0 aromatic heterocycles. The Kier molecular flexibility index (Phi) is 8.70. The van der Waals surface area contributed by atoms with Crippen molar-refractivity contribution in [3.63, 3.8) is 0 Å². The van der Waals surface area contributed by atoms with Gasteiger partial charge in [-0.25, -0.2) is 0 Å². The molecule has 0 atom stereocenters. The number of para-hydroxylation sites is 1. The summed E-state index contributed by atoms with van der Waals surface area (Å²) in [5, 5.41) is 7.46. The fourth-order valence-electron chi connectivity index (χ4n) is 4.87. The zero-order chi connectivity index (χ0) is 29.9. The van der Waals surface area contributed by atoms with Crippen LogP contribution in [0.3, 0.4) is 0 Å². The number of carbonyl (C=O) groups is 1. The fourth-order valence-corrected chi connectivity index (χ4v) is 5.42. The highest BCUT2D eigenvalue weighted by Gasteiger charge is 2.30. The molecule has 216 valence electrons. The maximum atomic E-state index is 13.2. The number of nitrogens with zero attached hydrogens (tertiary/aromatic N) is 2. The van der Waals surface area contributed by atoms with E-state index >= 15 is 0 Å². The first kappa shape index (κ1) is 29.4. The van der Waals surface area contributed by atoms with Gasteiger partial charge in [-0.15, -0.1) is 0 Å². The number of anilines is 3. The molecule has 1 saturated heterocycles. The molecule has 42 heavy (non-hydrogen) atoms. The van der Waals surface area contributed by atoms with Crippen LogP contribution in [0.1, 0.15) is 21.5 Å². The molecule has 1 aliphatic rings. The predicted octanol–water partition coefficient (Wildman–Crippen LogP) is 8.11. The van der Waals surface area contributed by atoms with Gasteiger partial charge in [0.1, 0.15) is 0 Å². The van der Waals surface area contributed by atoms with Gasteiger partial charge >= 0.3 is 6.18 Å². The summed E-state index contributed by atoms with van der Waals surface area (Å²) in [6.45, 7) is 5.02. The molecule has 1 aliphatic heterocycles. The molecule has 10 heteroatoms. The van der Waals surface area contributed by atoms with Crippen LogP contribution in [0.4, 0.5) is 30.2 Å². The number of alkyl halides is 3.